The van der Waals surface area contributed by atoms with Gasteiger partial charge < -0.3 is 15.4 Å². The maximum atomic E-state index is 13.4. The molecule has 1 aromatic carbocycles. The summed E-state index contributed by atoms with van der Waals surface area (Å²) in [6.45, 7) is 1.66. The number of thiazole rings is 1. The van der Waals surface area contributed by atoms with Crippen molar-refractivity contribution < 1.29 is 13.5 Å². The molecule has 0 fully saturated rings. The molecule has 3 aromatic rings. The van der Waals surface area contributed by atoms with Crippen LogP contribution in [0.2, 0.25) is 0 Å². The second-order valence-electron chi connectivity index (χ2n) is 6.10. The largest absolute Gasteiger partial charge is 0.472 e. The zero-order valence-electron chi connectivity index (χ0n) is 14.8. The van der Waals surface area contributed by atoms with Gasteiger partial charge in [0.05, 0.1) is 11.3 Å². The van der Waals surface area contributed by atoms with Gasteiger partial charge in [0.25, 0.3) is 0 Å². The Bertz CT molecular complexity index is 987. The minimum absolute atomic E-state index is 0.00529. The van der Waals surface area contributed by atoms with Crippen LogP contribution in [-0.4, -0.2) is 29.0 Å². The molecule has 2 N–H and O–H groups in total. The quantitative estimate of drug-likeness (QED) is 0.680. The fourth-order valence-electron chi connectivity index (χ4n) is 2.72. The van der Waals surface area contributed by atoms with Crippen molar-refractivity contribution in [1.82, 2.24) is 15.3 Å². The molecule has 0 spiro atoms. The third-order valence-corrected chi connectivity index (χ3v) is 4.73. The molecule has 1 aliphatic heterocycles. The molecule has 0 atom stereocenters. The van der Waals surface area contributed by atoms with Crippen molar-refractivity contribution in [3.8, 4) is 17.1 Å². The Morgan fingerprint density at radius 2 is 2.07 bits per heavy atom. The summed E-state index contributed by atoms with van der Waals surface area (Å²) in [5, 5.41) is 8.93. The first kappa shape index (κ1) is 18.3. The monoisotopic (exact) mass is 401 g/mol. The van der Waals surface area contributed by atoms with Crippen LogP contribution < -0.4 is 15.4 Å². The van der Waals surface area contributed by atoms with Gasteiger partial charge in [-0.1, -0.05) is 0 Å². The number of hydrogen-bond acceptors (Lipinski definition) is 7. The molecule has 0 saturated heterocycles. The van der Waals surface area contributed by atoms with E-state index in [9.17, 15) is 8.78 Å². The lowest BCUT2D eigenvalue weighted by molar-refractivity contribution is 0.294. The Kier molecular flexibility index (Phi) is 5.43. The number of nitrogens with one attached hydrogen (secondary N) is 2. The molecule has 6 nitrogen and oxygen atoms in total. The van der Waals surface area contributed by atoms with E-state index in [1.807, 2.05) is 11.4 Å². The van der Waals surface area contributed by atoms with E-state index >= 15 is 0 Å². The van der Waals surface area contributed by atoms with Crippen LogP contribution in [0, 0.1) is 11.6 Å². The van der Waals surface area contributed by atoms with Gasteiger partial charge in [-0.25, -0.2) is 18.7 Å². The van der Waals surface area contributed by atoms with Crippen molar-refractivity contribution >= 4 is 22.4 Å². The minimum atomic E-state index is -0.644. The second-order valence-corrected chi connectivity index (χ2v) is 6.95. The Balaban J connectivity index is 1.50. The van der Waals surface area contributed by atoms with Gasteiger partial charge in [-0.3, -0.25) is 4.99 Å². The second kappa shape index (κ2) is 8.30. The topological polar surface area (TPSA) is 71.4 Å². The third-order valence-electron chi connectivity index (χ3n) is 3.97. The van der Waals surface area contributed by atoms with E-state index in [0.29, 0.717) is 33.8 Å². The SMILES string of the molecule is Fc1cc(F)cc(COc2ncccc2-c2csc(NC3=NCCCN3)n2)c1. The molecule has 1 aliphatic rings. The standard InChI is InChI=1S/C19H17F2N5OS/c20-13-7-12(8-14(21)9-13)10-27-17-15(3-1-4-22-17)16-11-28-19(25-16)26-18-23-5-2-6-24-18/h1,3-4,7-9,11H,2,5-6,10H2,(H2,23,24,25,26). The van der Waals surface area contributed by atoms with Crippen LogP contribution in [0.5, 0.6) is 5.88 Å². The van der Waals surface area contributed by atoms with Gasteiger partial charge in [-0.05, 0) is 36.2 Å². The lowest BCUT2D eigenvalue weighted by atomic mass is 10.2. The van der Waals surface area contributed by atoms with E-state index in [4.69, 9.17) is 4.74 Å². The summed E-state index contributed by atoms with van der Waals surface area (Å²) >= 11 is 1.44. The van der Waals surface area contributed by atoms with Crippen LogP contribution in [0.15, 0.2) is 46.9 Å². The fraction of sp³-hybridized carbons (Fsp3) is 0.211. The van der Waals surface area contributed by atoms with Crippen LogP contribution in [-0.2, 0) is 6.61 Å². The van der Waals surface area contributed by atoms with E-state index in [1.54, 1.807) is 12.3 Å². The number of anilines is 1. The molecule has 2 aromatic heterocycles. The zero-order chi connectivity index (χ0) is 19.3. The predicted molar refractivity (Wildman–Crippen MR) is 105 cm³/mol. The smallest absolute Gasteiger partial charge is 0.223 e. The number of rotatable bonds is 5. The molecule has 3 heterocycles. The number of halogens is 2. The molecule has 9 heteroatoms. The number of benzene rings is 1. The molecule has 0 unspecified atom stereocenters. The molecule has 0 amide bonds. The number of aromatic nitrogens is 2. The van der Waals surface area contributed by atoms with Gasteiger partial charge in [0.15, 0.2) is 11.1 Å². The van der Waals surface area contributed by atoms with Crippen LogP contribution in [0.3, 0.4) is 0 Å². The van der Waals surface area contributed by atoms with Crippen LogP contribution in [0.25, 0.3) is 11.3 Å². The zero-order valence-corrected chi connectivity index (χ0v) is 15.6. The van der Waals surface area contributed by atoms with Crippen LogP contribution >= 0.6 is 11.3 Å². The number of hydrogen-bond donors (Lipinski definition) is 2. The van der Waals surface area contributed by atoms with E-state index in [1.165, 1.54) is 23.5 Å². The van der Waals surface area contributed by atoms with Gasteiger partial charge in [0, 0.05) is 30.7 Å². The average molecular weight is 401 g/mol. The summed E-state index contributed by atoms with van der Waals surface area (Å²) < 4.78 is 32.4. The lowest BCUT2D eigenvalue weighted by Crippen LogP contribution is -2.35. The third kappa shape index (κ3) is 4.42. The van der Waals surface area contributed by atoms with E-state index < -0.39 is 11.6 Å². The Morgan fingerprint density at radius 1 is 1.21 bits per heavy atom. The van der Waals surface area contributed by atoms with Gasteiger partial charge >= 0.3 is 0 Å². The van der Waals surface area contributed by atoms with Gasteiger partial charge in [0.1, 0.15) is 18.2 Å². The highest BCUT2D eigenvalue weighted by atomic mass is 32.1. The van der Waals surface area contributed by atoms with Gasteiger partial charge in [0.2, 0.25) is 5.88 Å². The summed E-state index contributed by atoms with van der Waals surface area (Å²) in [5.74, 6) is -0.233. The van der Waals surface area contributed by atoms with Crippen molar-refractivity contribution in [1.29, 1.82) is 0 Å². The first-order valence-corrected chi connectivity index (χ1v) is 9.59. The number of ether oxygens (including phenoxy) is 1. The van der Waals surface area contributed by atoms with Crippen LogP contribution in [0.4, 0.5) is 13.9 Å². The molecule has 28 heavy (non-hydrogen) atoms. The molecular weight excluding hydrogens is 384 g/mol. The summed E-state index contributed by atoms with van der Waals surface area (Å²) in [5.41, 5.74) is 1.77. The maximum Gasteiger partial charge on any atom is 0.223 e. The summed E-state index contributed by atoms with van der Waals surface area (Å²) in [4.78, 5) is 13.2. The highest BCUT2D eigenvalue weighted by molar-refractivity contribution is 7.14. The molecular formula is C19H17F2N5OS. The lowest BCUT2D eigenvalue weighted by Gasteiger charge is -2.14. The highest BCUT2D eigenvalue weighted by Gasteiger charge is 2.13. The molecule has 144 valence electrons. The Morgan fingerprint density at radius 3 is 2.86 bits per heavy atom. The summed E-state index contributed by atoms with van der Waals surface area (Å²) in [7, 11) is 0. The van der Waals surface area contributed by atoms with Crippen molar-refractivity contribution in [2.24, 2.45) is 4.99 Å². The molecule has 0 saturated carbocycles. The van der Waals surface area contributed by atoms with Crippen molar-refractivity contribution in [3.63, 3.8) is 0 Å². The molecule has 0 aliphatic carbocycles. The molecule has 0 radical (unpaired) electrons. The minimum Gasteiger partial charge on any atom is -0.472 e. The first-order chi connectivity index (χ1) is 13.7. The van der Waals surface area contributed by atoms with E-state index in [2.05, 4.69) is 25.6 Å². The van der Waals surface area contributed by atoms with Crippen LogP contribution in [0.1, 0.15) is 12.0 Å². The van der Waals surface area contributed by atoms with E-state index in [-0.39, 0.29) is 6.61 Å². The van der Waals surface area contributed by atoms with Crippen molar-refractivity contribution in [2.75, 3.05) is 18.4 Å². The Labute approximate surface area is 164 Å². The maximum absolute atomic E-state index is 13.4. The predicted octanol–water partition coefficient (Wildman–Crippen LogP) is 3.82. The van der Waals surface area contributed by atoms with Gasteiger partial charge in [-0.2, -0.15) is 0 Å². The van der Waals surface area contributed by atoms with E-state index in [0.717, 1.165) is 25.6 Å². The Hall–Kier alpha value is -3.07. The number of pyridine rings is 1. The normalized spacial score (nSPS) is 13.6. The molecule has 0 bridgehead atoms. The summed E-state index contributed by atoms with van der Waals surface area (Å²) in [6.07, 6.45) is 2.61. The average Bonchev–Trinajstić information content (AvgIpc) is 3.15. The molecule has 4 rings (SSSR count). The highest BCUT2D eigenvalue weighted by Crippen LogP contribution is 2.31. The number of nitrogens with zero attached hydrogens (tertiary/aromatic N) is 3. The first-order valence-electron chi connectivity index (χ1n) is 8.71. The number of guanidine groups is 1. The fourth-order valence-corrected chi connectivity index (χ4v) is 3.43. The van der Waals surface area contributed by atoms with Crippen molar-refractivity contribution in [2.45, 2.75) is 13.0 Å². The summed E-state index contributed by atoms with van der Waals surface area (Å²) in [6, 6.07) is 6.90. The number of aliphatic imine (C=N–C) groups is 1. The van der Waals surface area contributed by atoms with Crippen molar-refractivity contribution in [3.05, 3.63) is 59.1 Å². The van der Waals surface area contributed by atoms with Gasteiger partial charge in [-0.15, -0.1) is 11.3 Å².